The molecule has 5 nitrogen and oxygen atoms in total. The molecule has 0 fully saturated rings. The molecule has 0 spiro atoms. The Hall–Kier alpha value is -1.62. The van der Waals surface area contributed by atoms with Gasteiger partial charge in [0.15, 0.2) is 0 Å². The fraction of sp³-hybridized carbons (Fsp3) is 0.333. The lowest BCUT2D eigenvalue weighted by atomic mass is 10.4. The van der Waals surface area contributed by atoms with Crippen LogP contribution in [0.1, 0.15) is 6.42 Å². The van der Waals surface area contributed by atoms with Crippen LogP contribution in [0.4, 0.5) is 10.6 Å². The molecule has 3 N–H and O–H groups in total. The molecule has 1 aromatic rings. The molecule has 0 radical (unpaired) electrons. The van der Waals surface area contributed by atoms with Gasteiger partial charge in [-0.05, 0) is 18.6 Å². The molecule has 0 saturated carbocycles. The zero-order chi connectivity index (χ0) is 10.2. The van der Waals surface area contributed by atoms with Crippen LogP contribution in [0.25, 0.3) is 0 Å². The molecular weight excluding hydrogens is 182 g/mol. The normalized spacial score (nSPS) is 9.50. The number of carbonyl (C=O) groups is 1. The van der Waals surface area contributed by atoms with Crippen molar-refractivity contribution in [2.75, 3.05) is 18.5 Å². The third-order valence-electron chi connectivity index (χ3n) is 1.53. The van der Waals surface area contributed by atoms with E-state index in [2.05, 4.69) is 15.6 Å². The van der Waals surface area contributed by atoms with Crippen LogP contribution in [0.5, 0.6) is 0 Å². The van der Waals surface area contributed by atoms with Gasteiger partial charge in [0.1, 0.15) is 5.82 Å². The van der Waals surface area contributed by atoms with Crippen molar-refractivity contribution in [1.82, 2.24) is 10.3 Å². The highest BCUT2D eigenvalue weighted by Gasteiger charge is 1.99. The molecule has 76 valence electrons. The third kappa shape index (κ3) is 3.86. The zero-order valence-corrected chi connectivity index (χ0v) is 7.73. The van der Waals surface area contributed by atoms with Gasteiger partial charge in [0.05, 0.1) is 0 Å². The predicted octanol–water partition coefficient (Wildman–Crippen LogP) is 0.585. The predicted molar refractivity (Wildman–Crippen MR) is 53.0 cm³/mol. The van der Waals surface area contributed by atoms with E-state index in [4.69, 9.17) is 5.11 Å². The van der Waals surface area contributed by atoms with Crippen LogP contribution >= 0.6 is 0 Å². The summed E-state index contributed by atoms with van der Waals surface area (Å²) in [6, 6.07) is 4.95. The molecule has 1 heterocycles. The second kappa shape index (κ2) is 5.93. The Morgan fingerprint density at radius 2 is 2.36 bits per heavy atom. The zero-order valence-electron chi connectivity index (χ0n) is 7.73. The fourth-order valence-electron chi connectivity index (χ4n) is 0.878. The average Bonchev–Trinajstić information content (AvgIpc) is 2.20. The summed E-state index contributed by atoms with van der Waals surface area (Å²) in [5, 5.41) is 13.6. The number of nitrogens with one attached hydrogen (secondary N) is 2. The van der Waals surface area contributed by atoms with Crippen molar-refractivity contribution in [3.8, 4) is 0 Å². The molecule has 5 heteroatoms. The smallest absolute Gasteiger partial charge is 0.320 e. The van der Waals surface area contributed by atoms with Gasteiger partial charge in [-0.3, -0.25) is 5.32 Å². The Morgan fingerprint density at radius 3 is 3.00 bits per heavy atom. The molecule has 0 aromatic carbocycles. The van der Waals surface area contributed by atoms with Crippen LogP contribution < -0.4 is 10.6 Å². The van der Waals surface area contributed by atoms with Gasteiger partial charge in [-0.2, -0.15) is 0 Å². The Morgan fingerprint density at radius 1 is 1.50 bits per heavy atom. The molecule has 0 bridgehead atoms. The highest BCUT2D eigenvalue weighted by molar-refractivity contribution is 5.88. The van der Waals surface area contributed by atoms with E-state index >= 15 is 0 Å². The van der Waals surface area contributed by atoms with Gasteiger partial charge in [0, 0.05) is 19.3 Å². The summed E-state index contributed by atoms with van der Waals surface area (Å²) >= 11 is 0. The topological polar surface area (TPSA) is 74.2 Å². The molecule has 0 aliphatic rings. The van der Waals surface area contributed by atoms with Crippen molar-refractivity contribution in [2.24, 2.45) is 0 Å². The first kappa shape index (κ1) is 10.5. The number of hydrogen-bond donors (Lipinski definition) is 3. The number of urea groups is 1. The van der Waals surface area contributed by atoms with Gasteiger partial charge in [0.25, 0.3) is 0 Å². The highest BCUT2D eigenvalue weighted by Crippen LogP contribution is 1.98. The standard InChI is InChI=1S/C9H13N3O2/c13-7-3-6-11-9(14)12-8-4-1-2-5-10-8/h1-2,4-5,13H,3,6-7H2,(H2,10,11,12,14). The lowest BCUT2D eigenvalue weighted by molar-refractivity contribution is 0.249. The van der Waals surface area contributed by atoms with E-state index in [-0.39, 0.29) is 12.6 Å². The van der Waals surface area contributed by atoms with Gasteiger partial charge in [-0.1, -0.05) is 6.07 Å². The van der Waals surface area contributed by atoms with Gasteiger partial charge in [-0.15, -0.1) is 0 Å². The average molecular weight is 195 g/mol. The SMILES string of the molecule is O=C(NCCCO)Nc1ccccn1. The lowest BCUT2D eigenvalue weighted by Gasteiger charge is -2.05. The summed E-state index contributed by atoms with van der Waals surface area (Å²) in [6.07, 6.45) is 2.15. The van der Waals surface area contributed by atoms with Crippen LogP contribution in [-0.4, -0.2) is 29.3 Å². The van der Waals surface area contributed by atoms with E-state index in [1.54, 1.807) is 24.4 Å². The van der Waals surface area contributed by atoms with Crippen LogP contribution in [-0.2, 0) is 0 Å². The number of aliphatic hydroxyl groups excluding tert-OH is 1. The number of nitrogens with zero attached hydrogens (tertiary/aromatic N) is 1. The Labute approximate surface area is 82.2 Å². The quantitative estimate of drug-likeness (QED) is 0.615. The maximum Gasteiger partial charge on any atom is 0.320 e. The van der Waals surface area contributed by atoms with Crippen molar-refractivity contribution in [2.45, 2.75) is 6.42 Å². The summed E-state index contributed by atoms with van der Waals surface area (Å²) in [4.78, 5) is 15.1. The van der Waals surface area contributed by atoms with E-state index in [0.717, 1.165) is 0 Å². The Balaban J connectivity index is 2.27. The first-order valence-corrected chi connectivity index (χ1v) is 4.39. The largest absolute Gasteiger partial charge is 0.396 e. The first-order chi connectivity index (χ1) is 6.83. The van der Waals surface area contributed by atoms with Crippen molar-refractivity contribution in [1.29, 1.82) is 0 Å². The van der Waals surface area contributed by atoms with E-state index in [1.165, 1.54) is 0 Å². The molecular formula is C9H13N3O2. The van der Waals surface area contributed by atoms with Gasteiger partial charge in [0.2, 0.25) is 0 Å². The van der Waals surface area contributed by atoms with E-state index in [1.807, 2.05) is 0 Å². The molecule has 0 saturated heterocycles. The number of aliphatic hydroxyl groups is 1. The van der Waals surface area contributed by atoms with Crippen molar-refractivity contribution >= 4 is 11.8 Å². The van der Waals surface area contributed by atoms with Crippen LogP contribution in [0.2, 0.25) is 0 Å². The number of amides is 2. The van der Waals surface area contributed by atoms with Gasteiger partial charge < -0.3 is 10.4 Å². The second-order valence-electron chi connectivity index (χ2n) is 2.67. The number of rotatable bonds is 4. The summed E-state index contributed by atoms with van der Waals surface area (Å²) < 4.78 is 0. The third-order valence-corrected chi connectivity index (χ3v) is 1.53. The molecule has 0 atom stereocenters. The number of pyridine rings is 1. The van der Waals surface area contributed by atoms with Crippen molar-refractivity contribution < 1.29 is 9.90 Å². The number of aromatic nitrogens is 1. The fourth-order valence-corrected chi connectivity index (χ4v) is 0.878. The molecule has 0 unspecified atom stereocenters. The second-order valence-corrected chi connectivity index (χ2v) is 2.67. The molecule has 0 aliphatic carbocycles. The van der Waals surface area contributed by atoms with Gasteiger partial charge in [-0.25, -0.2) is 9.78 Å². The molecule has 2 amide bonds. The van der Waals surface area contributed by atoms with Crippen LogP contribution in [0, 0.1) is 0 Å². The number of hydrogen-bond acceptors (Lipinski definition) is 3. The van der Waals surface area contributed by atoms with Crippen molar-refractivity contribution in [3.63, 3.8) is 0 Å². The first-order valence-electron chi connectivity index (χ1n) is 4.39. The Bertz CT molecular complexity index is 277. The monoisotopic (exact) mass is 195 g/mol. The summed E-state index contributed by atoms with van der Waals surface area (Å²) in [6.45, 7) is 0.527. The summed E-state index contributed by atoms with van der Waals surface area (Å²) in [5.41, 5.74) is 0. The van der Waals surface area contributed by atoms with E-state index in [0.29, 0.717) is 18.8 Å². The lowest BCUT2D eigenvalue weighted by Crippen LogP contribution is -2.30. The molecule has 1 aromatic heterocycles. The minimum absolute atomic E-state index is 0.0733. The summed E-state index contributed by atoms with van der Waals surface area (Å²) in [7, 11) is 0. The number of anilines is 1. The maximum atomic E-state index is 11.1. The minimum atomic E-state index is -0.308. The molecule has 14 heavy (non-hydrogen) atoms. The number of carbonyl (C=O) groups excluding carboxylic acids is 1. The van der Waals surface area contributed by atoms with Gasteiger partial charge >= 0.3 is 6.03 Å². The molecule has 1 rings (SSSR count). The van der Waals surface area contributed by atoms with Crippen LogP contribution in [0.15, 0.2) is 24.4 Å². The van der Waals surface area contributed by atoms with E-state index < -0.39 is 0 Å². The highest BCUT2D eigenvalue weighted by atomic mass is 16.3. The minimum Gasteiger partial charge on any atom is -0.396 e. The van der Waals surface area contributed by atoms with E-state index in [9.17, 15) is 4.79 Å². The maximum absolute atomic E-state index is 11.1. The summed E-state index contributed by atoms with van der Waals surface area (Å²) in [5.74, 6) is 0.508. The van der Waals surface area contributed by atoms with Crippen molar-refractivity contribution in [3.05, 3.63) is 24.4 Å². The van der Waals surface area contributed by atoms with Crippen LogP contribution in [0.3, 0.4) is 0 Å². The molecule has 0 aliphatic heterocycles. The Kier molecular flexibility index (Phi) is 4.43.